The van der Waals surface area contributed by atoms with Crippen molar-refractivity contribution in [2.24, 2.45) is 0 Å². The molecule has 0 saturated heterocycles. The number of rotatable bonds is 15. The standard InChI is InChI=1S/C7H16O2.2C6H10O4/c1-2-3-4-7(9)5-6-8;2*7-5(8)3-1-2-4-6(9)10/h7-9H,2-6H2,1H3;2*1-4H2,(H,7,8)(H,9,10). The van der Waals surface area contributed by atoms with E-state index in [-0.39, 0.29) is 38.4 Å². The summed E-state index contributed by atoms with van der Waals surface area (Å²) in [6, 6.07) is 0. The predicted molar refractivity (Wildman–Crippen MR) is 105 cm³/mol. The number of unbranched alkanes of at least 4 members (excludes halogenated alkanes) is 3. The molecule has 172 valence electrons. The fourth-order valence-corrected chi connectivity index (χ4v) is 1.84. The molecule has 6 N–H and O–H groups in total. The van der Waals surface area contributed by atoms with Gasteiger partial charge < -0.3 is 30.6 Å². The van der Waals surface area contributed by atoms with Crippen molar-refractivity contribution in [3.63, 3.8) is 0 Å². The lowest BCUT2D eigenvalue weighted by Gasteiger charge is -2.05. The second-order valence-corrected chi connectivity index (χ2v) is 6.30. The first-order valence-corrected chi connectivity index (χ1v) is 9.72. The summed E-state index contributed by atoms with van der Waals surface area (Å²) in [5.41, 5.74) is 0. The molecule has 0 aliphatic heterocycles. The van der Waals surface area contributed by atoms with Crippen molar-refractivity contribution in [1.82, 2.24) is 0 Å². The molecule has 0 aromatic carbocycles. The average Bonchev–Trinajstić information content (AvgIpc) is 2.61. The van der Waals surface area contributed by atoms with Crippen LogP contribution < -0.4 is 0 Å². The van der Waals surface area contributed by atoms with Crippen LogP contribution in [0.5, 0.6) is 0 Å². The van der Waals surface area contributed by atoms with E-state index in [0.717, 1.165) is 19.3 Å². The minimum Gasteiger partial charge on any atom is -0.481 e. The van der Waals surface area contributed by atoms with Gasteiger partial charge in [-0.2, -0.15) is 0 Å². The third-order valence-electron chi connectivity index (χ3n) is 3.42. The maximum absolute atomic E-state index is 9.90. The van der Waals surface area contributed by atoms with Crippen LogP contribution in [-0.2, 0) is 19.2 Å². The highest BCUT2D eigenvalue weighted by Crippen LogP contribution is 2.02. The first kappa shape index (κ1) is 31.5. The molecular weight excluding hydrogens is 388 g/mol. The highest BCUT2D eigenvalue weighted by molar-refractivity contribution is 5.68. The number of carbonyl (C=O) groups is 4. The molecule has 1 unspecified atom stereocenters. The Kier molecular flexibility index (Phi) is 25.9. The molecule has 1 atom stereocenters. The van der Waals surface area contributed by atoms with Gasteiger partial charge in [0, 0.05) is 32.3 Å². The van der Waals surface area contributed by atoms with Crippen LogP contribution in [0, 0.1) is 0 Å². The summed E-state index contributed by atoms with van der Waals surface area (Å²) in [6.07, 6.45) is 5.28. The predicted octanol–water partition coefficient (Wildman–Crippen LogP) is 2.35. The molecule has 0 aromatic heterocycles. The van der Waals surface area contributed by atoms with Crippen LogP contribution in [0.2, 0.25) is 0 Å². The van der Waals surface area contributed by atoms with Crippen molar-refractivity contribution in [2.45, 2.75) is 90.1 Å². The Morgan fingerprint density at radius 3 is 1.14 bits per heavy atom. The number of aliphatic hydroxyl groups excluding tert-OH is 2. The molecule has 0 fully saturated rings. The van der Waals surface area contributed by atoms with Crippen molar-refractivity contribution >= 4 is 23.9 Å². The fraction of sp³-hybridized carbons (Fsp3) is 0.789. The van der Waals surface area contributed by atoms with Crippen molar-refractivity contribution < 1.29 is 49.8 Å². The lowest BCUT2D eigenvalue weighted by Crippen LogP contribution is -2.07. The zero-order valence-corrected chi connectivity index (χ0v) is 17.1. The maximum atomic E-state index is 9.90. The fourth-order valence-electron chi connectivity index (χ4n) is 1.84. The molecular formula is C19H36O10. The van der Waals surface area contributed by atoms with E-state index in [2.05, 4.69) is 6.92 Å². The second kappa shape index (κ2) is 23.8. The molecule has 0 heterocycles. The Morgan fingerprint density at radius 2 is 0.931 bits per heavy atom. The molecule has 0 saturated carbocycles. The van der Waals surface area contributed by atoms with Crippen molar-refractivity contribution in [2.75, 3.05) is 6.61 Å². The van der Waals surface area contributed by atoms with Crippen molar-refractivity contribution in [3.05, 3.63) is 0 Å². The monoisotopic (exact) mass is 424 g/mol. The number of aliphatic carboxylic acids is 4. The van der Waals surface area contributed by atoms with E-state index in [1.54, 1.807) is 0 Å². The normalized spacial score (nSPS) is 10.6. The summed E-state index contributed by atoms with van der Waals surface area (Å²) in [4.78, 5) is 39.6. The third kappa shape index (κ3) is 41.3. The SMILES string of the molecule is CCCCC(O)CCO.O=C(O)CCCCC(=O)O.O=C(O)CCCCC(=O)O. The van der Waals surface area contributed by atoms with Crippen molar-refractivity contribution in [1.29, 1.82) is 0 Å². The van der Waals surface area contributed by atoms with Crippen LogP contribution in [0.25, 0.3) is 0 Å². The average molecular weight is 424 g/mol. The molecule has 0 amide bonds. The van der Waals surface area contributed by atoms with E-state index >= 15 is 0 Å². The smallest absolute Gasteiger partial charge is 0.303 e. The Morgan fingerprint density at radius 1 is 0.621 bits per heavy atom. The van der Waals surface area contributed by atoms with Crippen LogP contribution in [0.3, 0.4) is 0 Å². The maximum Gasteiger partial charge on any atom is 0.303 e. The van der Waals surface area contributed by atoms with Crippen LogP contribution in [0.4, 0.5) is 0 Å². The van der Waals surface area contributed by atoms with Gasteiger partial charge in [-0.15, -0.1) is 0 Å². The summed E-state index contributed by atoms with van der Waals surface area (Å²) in [5.74, 6) is -3.48. The highest BCUT2D eigenvalue weighted by atomic mass is 16.4. The van der Waals surface area contributed by atoms with E-state index in [1.807, 2.05) is 0 Å². The molecule has 0 spiro atoms. The van der Waals surface area contributed by atoms with Gasteiger partial charge in [0.25, 0.3) is 0 Å². The minimum atomic E-state index is -0.870. The van der Waals surface area contributed by atoms with Gasteiger partial charge in [0.15, 0.2) is 0 Å². The quantitative estimate of drug-likeness (QED) is 0.213. The topological polar surface area (TPSA) is 190 Å². The van der Waals surface area contributed by atoms with Gasteiger partial charge >= 0.3 is 23.9 Å². The van der Waals surface area contributed by atoms with Gasteiger partial charge in [0.2, 0.25) is 0 Å². The molecule has 0 rings (SSSR count). The van der Waals surface area contributed by atoms with E-state index in [0.29, 0.717) is 32.1 Å². The molecule has 10 nitrogen and oxygen atoms in total. The zero-order valence-electron chi connectivity index (χ0n) is 17.1. The molecule has 0 radical (unpaired) electrons. The van der Waals surface area contributed by atoms with Gasteiger partial charge in [-0.05, 0) is 38.5 Å². The van der Waals surface area contributed by atoms with Gasteiger partial charge in [0.1, 0.15) is 0 Å². The van der Waals surface area contributed by atoms with Gasteiger partial charge in [-0.1, -0.05) is 19.8 Å². The van der Waals surface area contributed by atoms with E-state index < -0.39 is 23.9 Å². The van der Waals surface area contributed by atoms with Gasteiger partial charge in [0.05, 0.1) is 6.10 Å². The summed E-state index contributed by atoms with van der Waals surface area (Å²) in [6.45, 7) is 2.19. The van der Waals surface area contributed by atoms with Gasteiger partial charge in [-0.25, -0.2) is 0 Å². The lowest BCUT2D eigenvalue weighted by atomic mass is 10.1. The molecule has 0 aromatic rings. The number of carboxylic acid groups (broad SMARTS) is 4. The van der Waals surface area contributed by atoms with Crippen LogP contribution in [0.15, 0.2) is 0 Å². The third-order valence-corrected chi connectivity index (χ3v) is 3.42. The molecule has 0 aliphatic rings. The highest BCUT2D eigenvalue weighted by Gasteiger charge is 2.01. The summed E-state index contributed by atoms with van der Waals surface area (Å²) in [5, 5.41) is 49.9. The Bertz CT molecular complexity index is 373. The Labute approximate surface area is 171 Å². The van der Waals surface area contributed by atoms with Crippen LogP contribution in [-0.4, -0.2) is 67.2 Å². The molecule has 0 aliphatic carbocycles. The largest absolute Gasteiger partial charge is 0.481 e. The number of aliphatic hydroxyl groups is 2. The molecule has 29 heavy (non-hydrogen) atoms. The number of hydrogen-bond donors (Lipinski definition) is 6. The first-order valence-electron chi connectivity index (χ1n) is 9.72. The van der Waals surface area contributed by atoms with Crippen molar-refractivity contribution in [3.8, 4) is 0 Å². The minimum absolute atomic E-state index is 0.0628. The van der Waals surface area contributed by atoms with E-state index in [9.17, 15) is 19.2 Å². The first-order chi connectivity index (χ1) is 13.6. The summed E-state index contributed by atoms with van der Waals surface area (Å²) in [7, 11) is 0. The van der Waals surface area contributed by atoms with E-state index in [1.165, 1.54) is 0 Å². The summed E-state index contributed by atoms with van der Waals surface area (Å²) >= 11 is 0. The Balaban J connectivity index is -0.000000350. The van der Waals surface area contributed by atoms with Gasteiger partial charge in [-0.3, -0.25) is 19.2 Å². The van der Waals surface area contributed by atoms with E-state index in [4.69, 9.17) is 30.6 Å². The second-order valence-electron chi connectivity index (χ2n) is 6.30. The summed E-state index contributed by atoms with van der Waals surface area (Å²) < 4.78 is 0. The lowest BCUT2D eigenvalue weighted by molar-refractivity contribution is -0.139. The molecule has 0 bridgehead atoms. The molecule has 10 heteroatoms. The Hall–Kier alpha value is -2.20. The number of carboxylic acids is 4. The number of hydrogen-bond acceptors (Lipinski definition) is 6. The van der Waals surface area contributed by atoms with Crippen LogP contribution in [0.1, 0.15) is 84.0 Å². The van der Waals surface area contributed by atoms with Crippen LogP contribution >= 0.6 is 0 Å². The zero-order chi connectivity index (χ0) is 23.1.